The minimum absolute atomic E-state index is 0.114. The second-order valence-electron chi connectivity index (χ2n) is 10.8. The Morgan fingerprint density at radius 1 is 1.06 bits per heavy atom. The van der Waals surface area contributed by atoms with Gasteiger partial charge in [0.25, 0.3) is 0 Å². The maximum atomic E-state index is 13.7. The number of esters is 1. The molecule has 0 spiro atoms. The molecule has 5 heteroatoms. The third kappa shape index (κ3) is 4.27. The molecule has 36 heavy (non-hydrogen) atoms. The van der Waals surface area contributed by atoms with Crippen LogP contribution in [0.1, 0.15) is 64.6 Å². The van der Waals surface area contributed by atoms with Crippen molar-refractivity contribution in [3.05, 3.63) is 71.3 Å². The van der Waals surface area contributed by atoms with Gasteiger partial charge in [0.05, 0.1) is 18.6 Å². The third-order valence-corrected chi connectivity index (χ3v) is 7.02. The zero-order chi connectivity index (χ0) is 25.6. The number of allylic oxidation sites excluding steroid dienone is 1. The van der Waals surface area contributed by atoms with Gasteiger partial charge in [0.2, 0.25) is 0 Å². The maximum Gasteiger partial charge on any atom is 0.313 e. The number of carbonyl (C=O) groups excluding carboxylic acids is 2. The van der Waals surface area contributed by atoms with E-state index in [2.05, 4.69) is 49.5 Å². The molecule has 0 fully saturated rings. The lowest BCUT2D eigenvalue weighted by atomic mass is 9.68. The molecule has 0 saturated heterocycles. The molecule has 0 bridgehead atoms. The van der Waals surface area contributed by atoms with Gasteiger partial charge in [-0.15, -0.1) is 0 Å². The highest BCUT2D eigenvalue weighted by atomic mass is 16.6. The quantitative estimate of drug-likeness (QED) is 0.309. The van der Waals surface area contributed by atoms with E-state index in [0.717, 1.165) is 45.2 Å². The predicted molar refractivity (Wildman–Crippen MR) is 143 cm³/mol. The molecule has 3 aromatic rings. The van der Waals surface area contributed by atoms with Gasteiger partial charge in [0, 0.05) is 23.2 Å². The standard InChI is InChI=1S/C31H33NO4/c1-6-35-26-15-20(12-14-25(26)36-30(34)18(2)3)29-28-22(16-31(4,5)17-24(28)33)27-21-10-8-7-9-19(21)11-13-23(27)32-29/h7-15,18,29,32H,6,16-17H2,1-5H3/t29-/m1/s1. The Morgan fingerprint density at radius 3 is 2.58 bits per heavy atom. The van der Waals surface area contributed by atoms with E-state index in [1.807, 2.05) is 25.1 Å². The Hall–Kier alpha value is -3.60. The first-order valence-electron chi connectivity index (χ1n) is 12.7. The average molecular weight is 484 g/mol. The summed E-state index contributed by atoms with van der Waals surface area (Å²) in [6.07, 6.45) is 1.34. The highest BCUT2D eigenvalue weighted by Gasteiger charge is 2.41. The molecular weight excluding hydrogens is 450 g/mol. The third-order valence-electron chi connectivity index (χ3n) is 7.02. The van der Waals surface area contributed by atoms with Crippen LogP contribution in [0.5, 0.6) is 11.5 Å². The molecule has 5 rings (SSSR count). The lowest BCUT2D eigenvalue weighted by molar-refractivity contribution is -0.137. The Labute approximate surface area is 212 Å². The van der Waals surface area contributed by atoms with Gasteiger partial charge in [-0.3, -0.25) is 9.59 Å². The van der Waals surface area contributed by atoms with Crippen molar-refractivity contribution in [2.45, 2.75) is 53.5 Å². The Balaban J connectivity index is 1.66. The molecule has 1 aliphatic heterocycles. The average Bonchev–Trinajstić information content (AvgIpc) is 2.83. The summed E-state index contributed by atoms with van der Waals surface area (Å²) in [5, 5.41) is 5.99. The number of nitrogens with one attached hydrogen (secondary N) is 1. The van der Waals surface area contributed by atoms with Crippen LogP contribution in [0.25, 0.3) is 16.3 Å². The van der Waals surface area contributed by atoms with E-state index in [9.17, 15) is 9.59 Å². The maximum absolute atomic E-state index is 13.7. The number of ether oxygens (including phenoxy) is 2. The van der Waals surface area contributed by atoms with Gasteiger partial charge in [-0.05, 0) is 58.9 Å². The number of rotatable bonds is 5. The van der Waals surface area contributed by atoms with Crippen LogP contribution >= 0.6 is 0 Å². The fourth-order valence-corrected chi connectivity index (χ4v) is 5.37. The summed E-state index contributed by atoms with van der Waals surface area (Å²) in [5.74, 6) is 0.509. The van der Waals surface area contributed by atoms with Crippen LogP contribution in [0.15, 0.2) is 60.2 Å². The molecule has 0 amide bonds. The van der Waals surface area contributed by atoms with E-state index in [1.54, 1.807) is 19.9 Å². The fourth-order valence-electron chi connectivity index (χ4n) is 5.37. The van der Waals surface area contributed by atoms with E-state index < -0.39 is 0 Å². The zero-order valence-electron chi connectivity index (χ0n) is 21.6. The number of hydrogen-bond donors (Lipinski definition) is 1. The van der Waals surface area contributed by atoms with Crippen molar-refractivity contribution in [3.8, 4) is 11.5 Å². The van der Waals surface area contributed by atoms with Crippen LogP contribution < -0.4 is 14.8 Å². The van der Waals surface area contributed by atoms with Gasteiger partial charge in [-0.1, -0.05) is 64.1 Å². The van der Waals surface area contributed by atoms with Gasteiger partial charge in [0.15, 0.2) is 17.3 Å². The van der Waals surface area contributed by atoms with Gasteiger partial charge in [0.1, 0.15) is 0 Å². The molecule has 0 aromatic heterocycles. The topological polar surface area (TPSA) is 64.6 Å². The van der Waals surface area contributed by atoms with Crippen molar-refractivity contribution in [1.82, 2.24) is 0 Å². The minimum atomic E-state index is -0.314. The van der Waals surface area contributed by atoms with Gasteiger partial charge < -0.3 is 14.8 Å². The molecule has 3 aromatic carbocycles. The first kappa shape index (κ1) is 24.1. The number of Topliss-reactive ketones (excluding diaryl/α,β-unsaturated/α-hetero) is 1. The molecule has 5 nitrogen and oxygen atoms in total. The molecule has 1 atom stereocenters. The molecule has 1 N–H and O–H groups in total. The summed E-state index contributed by atoms with van der Waals surface area (Å²) < 4.78 is 11.5. The number of carbonyl (C=O) groups is 2. The number of anilines is 1. The van der Waals surface area contributed by atoms with Crippen LogP contribution in [-0.4, -0.2) is 18.4 Å². The molecule has 0 saturated carbocycles. The second-order valence-corrected chi connectivity index (χ2v) is 10.8. The van der Waals surface area contributed by atoms with Crippen LogP contribution in [0.4, 0.5) is 5.69 Å². The molecule has 2 aliphatic rings. The lowest BCUT2D eigenvalue weighted by Gasteiger charge is -2.40. The molecule has 0 radical (unpaired) electrons. The highest BCUT2D eigenvalue weighted by Crippen LogP contribution is 2.52. The van der Waals surface area contributed by atoms with Crippen LogP contribution in [0.3, 0.4) is 0 Å². The minimum Gasteiger partial charge on any atom is -0.490 e. The van der Waals surface area contributed by atoms with E-state index in [4.69, 9.17) is 9.47 Å². The molecule has 0 unspecified atom stereocenters. The number of ketones is 1. The summed E-state index contributed by atoms with van der Waals surface area (Å²) in [4.78, 5) is 25.9. The Bertz CT molecular complexity index is 1400. The van der Waals surface area contributed by atoms with Crippen LogP contribution in [0, 0.1) is 11.3 Å². The van der Waals surface area contributed by atoms with Crippen molar-refractivity contribution in [1.29, 1.82) is 0 Å². The molecule has 1 aliphatic carbocycles. The van der Waals surface area contributed by atoms with Crippen molar-refractivity contribution in [2.75, 3.05) is 11.9 Å². The summed E-state index contributed by atoms with van der Waals surface area (Å²) in [6, 6.07) is 17.9. The van der Waals surface area contributed by atoms with Crippen LogP contribution in [-0.2, 0) is 9.59 Å². The van der Waals surface area contributed by atoms with Crippen molar-refractivity contribution >= 4 is 33.8 Å². The van der Waals surface area contributed by atoms with Crippen molar-refractivity contribution < 1.29 is 19.1 Å². The van der Waals surface area contributed by atoms with Crippen molar-refractivity contribution in [3.63, 3.8) is 0 Å². The number of hydrogen-bond acceptors (Lipinski definition) is 5. The van der Waals surface area contributed by atoms with E-state index in [-0.39, 0.29) is 29.1 Å². The lowest BCUT2D eigenvalue weighted by Crippen LogP contribution is -2.33. The van der Waals surface area contributed by atoms with Gasteiger partial charge in [-0.25, -0.2) is 0 Å². The first-order chi connectivity index (χ1) is 17.2. The summed E-state index contributed by atoms with van der Waals surface area (Å²) in [7, 11) is 0. The summed E-state index contributed by atoms with van der Waals surface area (Å²) in [5.41, 5.74) is 4.90. The van der Waals surface area contributed by atoms with E-state index in [1.165, 1.54) is 0 Å². The monoisotopic (exact) mass is 483 g/mol. The predicted octanol–water partition coefficient (Wildman–Crippen LogP) is 7.11. The Morgan fingerprint density at radius 2 is 1.83 bits per heavy atom. The number of benzene rings is 3. The first-order valence-corrected chi connectivity index (χ1v) is 12.7. The van der Waals surface area contributed by atoms with Crippen molar-refractivity contribution in [2.24, 2.45) is 11.3 Å². The van der Waals surface area contributed by atoms with Gasteiger partial charge in [-0.2, -0.15) is 0 Å². The zero-order valence-corrected chi connectivity index (χ0v) is 21.6. The normalized spacial score (nSPS) is 18.5. The molecule has 186 valence electrons. The fraction of sp³-hybridized carbons (Fsp3) is 0.355. The smallest absolute Gasteiger partial charge is 0.313 e. The molecular formula is C31H33NO4. The Kier molecular flexibility index (Phi) is 6.11. The largest absolute Gasteiger partial charge is 0.490 e. The number of fused-ring (bicyclic) bond motifs is 4. The highest BCUT2D eigenvalue weighted by molar-refractivity contribution is 6.12. The summed E-state index contributed by atoms with van der Waals surface area (Å²) >= 11 is 0. The van der Waals surface area contributed by atoms with E-state index in [0.29, 0.717) is 24.5 Å². The second kappa shape index (κ2) is 9.12. The van der Waals surface area contributed by atoms with Gasteiger partial charge >= 0.3 is 5.97 Å². The molecule has 1 heterocycles. The van der Waals surface area contributed by atoms with Crippen LogP contribution in [0.2, 0.25) is 0 Å². The SMILES string of the molecule is CCOc1cc([C@H]2Nc3ccc4ccccc4c3C3=C2C(=O)CC(C)(C)C3)ccc1OC(=O)C(C)C. The summed E-state index contributed by atoms with van der Waals surface area (Å²) in [6.45, 7) is 10.3. The van der Waals surface area contributed by atoms with E-state index >= 15 is 0 Å².